The van der Waals surface area contributed by atoms with Crippen molar-refractivity contribution in [3.8, 4) is 5.75 Å². The summed E-state index contributed by atoms with van der Waals surface area (Å²) >= 11 is 0. The SMILES string of the molecule is Cc1cc(C(=O)N(C)C2COCC2C(=O)O)ccc1O. The fourth-order valence-corrected chi connectivity index (χ4v) is 2.30. The van der Waals surface area contributed by atoms with Crippen LogP contribution in [-0.4, -0.2) is 53.3 Å². The van der Waals surface area contributed by atoms with Crippen LogP contribution in [0.5, 0.6) is 5.75 Å². The van der Waals surface area contributed by atoms with Crippen molar-refractivity contribution in [2.75, 3.05) is 20.3 Å². The monoisotopic (exact) mass is 279 g/mol. The third-order valence-corrected chi connectivity index (χ3v) is 3.63. The Hall–Kier alpha value is -2.08. The molecule has 2 atom stereocenters. The van der Waals surface area contributed by atoms with Gasteiger partial charge in [0.15, 0.2) is 0 Å². The van der Waals surface area contributed by atoms with E-state index in [4.69, 9.17) is 9.84 Å². The molecule has 1 amide bonds. The van der Waals surface area contributed by atoms with Crippen molar-refractivity contribution in [3.63, 3.8) is 0 Å². The van der Waals surface area contributed by atoms with Crippen LogP contribution in [0.4, 0.5) is 0 Å². The molecular weight excluding hydrogens is 262 g/mol. The van der Waals surface area contributed by atoms with Gasteiger partial charge in [-0.15, -0.1) is 0 Å². The van der Waals surface area contributed by atoms with Crippen LogP contribution in [0.1, 0.15) is 15.9 Å². The number of ether oxygens (including phenoxy) is 1. The third kappa shape index (κ3) is 2.60. The first-order chi connectivity index (χ1) is 9.41. The Bertz CT molecular complexity index is 542. The molecule has 108 valence electrons. The van der Waals surface area contributed by atoms with E-state index in [0.717, 1.165) is 0 Å². The molecule has 1 saturated heterocycles. The number of nitrogens with zero attached hydrogens (tertiary/aromatic N) is 1. The molecule has 1 aromatic rings. The number of carbonyl (C=O) groups is 2. The average molecular weight is 279 g/mol. The molecule has 20 heavy (non-hydrogen) atoms. The molecule has 6 nitrogen and oxygen atoms in total. The van der Waals surface area contributed by atoms with Crippen molar-refractivity contribution in [3.05, 3.63) is 29.3 Å². The van der Waals surface area contributed by atoms with Crippen LogP contribution in [-0.2, 0) is 9.53 Å². The lowest BCUT2D eigenvalue weighted by Crippen LogP contribution is -2.44. The Morgan fingerprint density at radius 1 is 1.35 bits per heavy atom. The molecule has 0 bridgehead atoms. The first-order valence-electron chi connectivity index (χ1n) is 6.29. The maximum absolute atomic E-state index is 12.4. The van der Waals surface area contributed by atoms with Crippen molar-refractivity contribution < 1.29 is 24.5 Å². The largest absolute Gasteiger partial charge is 0.508 e. The van der Waals surface area contributed by atoms with Crippen LogP contribution in [0.15, 0.2) is 18.2 Å². The number of likely N-dealkylation sites (N-methyl/N-ethyl adjacent to an activating group) is 1. The summed E-state index contributed by atoms with van der Waals surface area (Å²) in [4.78, 5) is 24.9. The normalized spacial score (nSPS) is 21.7. The molecule has 2 rings (SSSR count). The number of hydrogen-bond donors (Lipinski definition) is 2. The molecule has 0 saturated carbocycles. The predicted molar refractivity (Wildman–Crippen MR) is 70.7 cm³/mol. The zero-order valence-corrected chi connectivity index (χ0v) is 11.4. The smallest absolute Gasteiger partial charge is 0.311 e. The van der Waals surface area contributed by atoms with E-state index >= 15 is 0 Å². The maximum atomic E-state index is 12.4. The molecule has 0 aliphatic carbocycles. The van der Waals surface area contributed by atoms with Gasteiger partial charge in [0.25, 0.3) is 5.91 Å². The van der Waals surface area contributed by atoms with Crippen LogP contribution in [0.25, 0.3) is 0 Å². The molecule has 1 aliphatic rings. The van der Waals surface area contributed by atoms with Gasteiger partial charge < -0.3 is 19.8 Å². The first kappa shape index (κ1) is 14.3. The predicted octanol–water partition coefficient (Wildman–Crippen LogP) is 0.872. The highest BCUT2D eigenvalue weighted by Crippen LogP contribution is 2.22. The molecule has 1 heterocycles. The van der Waals surface area contributed by atoms with Gasteiger partial charge in [0, 0.05) is 12.6 Å². The second-order valence-electron chi connectivity index (χ2n) is 4.97. The summed E-state index contributed by atoms with van der Waals surface area (Å²) in [6, 6.07) is 4.08. The topological polar surface area (TPSA) is 87.1 Å². The molecule has 1 aliphatic heterocycles. The summed E-state index contributed by atoms with van der Waals surface area (Å²) in [6.45, 7) is 2.04. The molecule has 1 aromatic carbocycles. The molecule has 0 radical (unpaired) electrons. The number of carbonyl (C=O) groups excluding carboxylic acids is 1. The maximum Gasteiger partial charge on any atom is 0.311 e. The molecule has 2 unspecified atom stereocenters. The fraction of sp³-hybridized carbons (Fsp3) is 0.429. The van der Waals surface area contributed by atoms with Crippen LogP contribution in [0.3, 0.4) is 0 Å². The minimum Gasteiger partial charge on any atom is -0.508 e. The lowest BCUT2D eigenvalue weighted by Gasteiger charge is -2.26. The van der Waals surface area contributed by atoms with Crippen molar-refractivity contribution in [2.24, 2.45) is 5.92 Å². The lowest BCUT2D eigenvalue weighted by molar-refractivity contribution is -0.142. The van der Waals surface area contributed by atoms with Gasteiger partial charge in [-0.1, -0.05) is 0 Å². The van der Waals surface area contributed by atoms with Gasteiger partial charge in [0.05, 0.1) is 19.3 Å². The van der Waals surface area contributed by atoms with E-state index in [1.165, 1.54) is 17.0 Å². The van der Waals surface area contributed by atoms with Crippen LogP contribution >= 0.6 is 0 Å². The van der Waals surface area contributed by atoms with Crippen molar-refractivity contribution in [1.29, 1.82) is 0 Å². The van der Waals surface area contributed by atoms with E-state index in [1.807, 2.05) is 0 Å². The molecule has 2 N–H and O–H groups in total. The number of carboxylic acids is 1. The zero-order valence-electron chi connectivity index (χ0n) is 11.4. The quantitative estimate of drug-likeness (QED) is 0.857. The van der Waals surface area contributed by atoms with E-state index in [-0.39, 0.29) is 24.9 Å². The Labute approximate surface area is 116 Å². The van der Waals surface area contributed by atoms with Gasteiger partial charge in [0.1, 0.15) is 11.7 Å². The summed E-state index contributed by atoms with van der Waals surface area (Å²) in [5.74, 6) is -1.83. The Kier molecular flexibility index (Phi) is 3.94. The standard InChI is InChI=1S/C14H17NO5/c1-8-5-9(3-4-12(8)16)13(17)15(2)11-7-20-6-10(11)14(18)19/h3-5,10-11,16H,6-7H2,1-2H3,(H,18,19). The average Bonchev–Trinajstić information content (AvgIpc) is 2.89. The number of benzene rings is 1. The second kappa shape index (κ2) is 5.50. The Morgan fingerprint density at radius 3 is 2.65 bits per heavy atom. The van der Waals surface area contributed by atoms with Crippen LogP contribution in [0, 0.1) is 12.8 Å². The Morgan fingerprint density at radius 2 is 2.05 bits per heavy atom. The van der Waals surface area contributed by atoms with Gasteiger partial charge in [0.2, 0.25) is 0 Å². The van der Waals surface area contributed by atoms with Gasteiger partial charge in [-0.2, -0.15) is 0 Å². The third-order valence-electron chi connectivity index (χ3n) is 3.63. The number of amides is 1. The van der Waals surface area contributed by atoms with Gasteiger partial charge in [-0.05, 0) is 30.7 Å². The van der Waals surface area contributed by atoms with E-state index in [2.05, 4.69) is 0 Å². The molecular formula is C14H17NO5. The second-order valence-corrected chi connectivity index (χ2v) is 4.97. The van der Waals surface area contributed by atoms with E-state index in [1.54, 1.807) is 20.0 Å². The number of aryl methyl sites for hydroxylation is 1. The number of carboxylic acid groups (broad SMARTS) is 1. The Balaban J connectivity index is 2.19. The number of aliphatic carboxylic acids is 1. The van der Waals surface area contributed by atoms with Gasteiger partial charge in [-0.3, -0.25) is 9.59 Å². The number of phenolic OH excluding ortho intramolecular Hbond substituents is 1. The number of hydrogen-bond acceptors (Lipinski definition) is 4. The summed E-state index contributed by atoms with van der Waals surface area (Å²) in [6.07, 6.45) is 0. The highest BCUT2D eigenvalue weighted by Gasteiger charge is 2.38. The summed E-state index contributed by atoms with van der Waals surface area (Å²) in [7, 11) is 1.57. The minimum absolute atomic E-state index is 0.117. The molecule has 0 aromatic heterocycles. The van der Waals surface area contributed by atoms with Crippen molar-refractivity contribution in [1.82, 2.24) is 4.90 Å². The van der Waals surface area contributed by atoms with E-state index in [0.29, 0.717) is 11.1 Å². The van der Waals surface area contributed by atoms with Crippen molar-refractivity contribution in [2.45, 2.75) is 13.0 Å². The molecule has 0 spiro atoms. The van der Waals surface area contributed by atoms with Crippen LogP contribution < -0.4 is 0 Å². The minimum atomic E-state index is -0.964. The number of phenols is 1. The van der Waals surface area contributed by atoms with Crippen LogP contribution in [0.2, 0.25) is 0 Å². The number of rotatable bonds is 3. The first-order valence-corrected chi connectivity index (χ1v) is 6.29. The van der Waals surface area contributed by atoms with Crippen molar-refractivity contribution >= 4 is 11.9 Å². The molecule has 6 heteroatoms. The van der Waals surface area contributed by atoms with Gasteiger partial charge in [-0.25, -0.2) is 0 Å². The van der Waals surface area contributed by atoms with E-state index < -0.39 is 17.9 Å². The fourth-order valence-electron chi connectivity index (χ4n) is 2.30. The molecule has 1 fully saturated rings. The van der Waals surface area contributed by atoms with Gasteiger partial charge >= 0.3 is 5.97 Å². The van der Waals surface area contributed by atoms with E-state index in [9.17, 15) is 14.7 Å². The zero-order chi connectivity index (χ0) is 14.9. The highest BCUT2D eigenvalue weighted by molar-refractivity contribution is 5.95. The summed E-state index contributed by atoms with van der Waals surface area (Å²) < 4.78 is 5.17. The summed E-state index contributed by atoms with van der Waals surface area (Å²) in [5.41, 5.74) is 1.01. The number of aromatic hydroxyl groups is 1. The highest BCUT2D eigenvalue weighted by atomic mass is 16.5. The summed E-state index contributed by atoms with van der Waals surface area (Å²) in [5, 5.41) is 18.6. The lowest BCUT2D eigenvalue weighted by atomic mass is 10.0.